The quantitative estimate of drug-likeness (QED) is 0.164. The highest BCUT2D eigenvalue weighted by atomic mass is 32.1. The molecular formula is C52H33NS2. The van der Waals surface area contributed by atoms with Crippen molar-refractivity contribution in [2.24, 2.45) is 0 Å². The number of nitrogens with zero attached hydrogens (tertiary/aromatic N) is 1. The smallest absolute Gasteiger partial charge is 0.0540 e. The molecule has 55 heavy (non-hydrogen) atoms. The van der Waals surface area contributed by atoms with E-state index in [2.05, 4.69) is 205 Å². The first-order valence-electron chi connectivity index (χ1n) is 18.7. The summed E-state index contributed by atoms with van der Waals surface area (Å²) in [5, 5.41) is 7.84. The molecule has 0 fully saturated rings. The molecule has 0 aliphatic heterocycles. The molecule has 0 atom stereocenters. The van der Waals surface area contributed by atoms with Crippen molar-refractivity contribution < 1.29 is 0 Å². The van der Waals surface area contributed by atoms with E-state index in [9.17, 15) is 0 Å². The molecule has 1 nitrogen and oxygen atoms in total. The van der Waals surface area contributed by atoms with Gasteiger partial charge in [-0.25, -0.2) is 0 Å². The summed E-state index contributed by atoms with van der Waals surface area (Å²) >= 11 is 3.77. The van der Waals surface area contributed by atoms with Gasteiger partial charge < -0.3 is 4.90 Å². The second kappa shape index (κ2) is 13.1. The van der Waals surface area contributed by atoms with Crippen LogP contribution in [-0.4, -0.2) is 0 Å². The summed E-state index contributed by atoms with van der Waals surface area (Å²) in [7, 11) is 0. The molecule has 0 N–H and O–H groups in total. The van der Waals surface area contributed by atoms with Gasteiger partial charge in [0.05, 0.1) is 5.69 Å². The highest BCUT2D eigenvalue weighted by Crippen LogP contribution is 2.47. The van der Waals surface area contributed by atoms with E-state index in [1.54, 1.807) is 0 Å². The zero-order valence-electron chi connectivity index (χ0n) is 29.8. The summed E-state index contributed by atoms with van der Waals surface area (Å²) in [5.74, 6) is 0. The number of thiophene rings is 2. The van der Waals surface area contributed by atoms with Gasteiger partial charge in [-0.3, -0.25) is 0 Å². The monoisotopic (exact) mass is 735 g/mol. The number of rotatable bonds is 6. The Labute approximate surface area is 327 Å². The molecule has 9 aromatic carbocycles. The van der Waals surface area contributed by atoms with Crippen LogP contribution in [0.4, 0.5) is 17.1 Å². The lowest BCUT2D eigenvalue weighted by Gasteiger charge is -2.28. The molecule has 258 valence electrons. The van der Waals surface area contributed by atoms with Crippen LogP contribution in [0.5, 0.6) is 0 Å². The Morgan fingerprint density at radius 2 is 0.855 bits per heavy atom. The van der Waals surface area contributed by atoms with Crippen LogP contribution in [-0.2, 0) is 0 Å². The van der Waals surface area contributed by atoms with Gasteiger partial charge in [-0.15, -0.1) is 22.7 Å². The lowest BCUT2D eigenvalue weighted by atomic mass is 9.95. The average Bonchev–Trinajstić information content (AvgIpc) is 3.82. The van der Waals surface area contributed by atoms with Crippen molar-refractivity contribution >= 4 is 90.9 Å². The second-order valence-electron chi connectivity index (χ2n) is 14.0. The Morgan fingerprint density at radius 1 is 0.327 bits per heavy atom. The normalized spacial score (nSPS) is 11.6. The number of fused-ring (bicyclic) bond motifs is 7. The van der Waals surface area contributed by atoms with Gasteiger partial charge >= 0.3 is 0 Å². The van der Waals surface area contributed by atoms with Gasteiger partial charge in [0.2, 0.25) is 0 Å². The van der Waals surface area contributed by atoms with Crippen LogP contribution >= 0.6 is 22.7 Å². The largest absolute Gasteiger partial charge is 0.310 e. The SMILES string of the molecule is c1ccc(-c2ccccc2N(c2ccc(-c3cccc4c3sc3ccccc34)cc2)c2ccc(-c3c4ccccc4cc4c3sc3ccccc34)cc2)cc1. The maximum Gasteiger partial charge on any atom is 0.0540 e. The van der Waals surface area contributed by atoms with Crippen molar-refractivity contribution in [3.63, 3.8) is 0 Å². The van der Waals surface area contributed by atoms with Gasteiger partial charge in [0.25, 0.3) is 0 Å². The summed E-state index contributed by atoms with van der Waals surface area (Å²) in [6.45, 7) is 0. The lowest BCUT2D eigenvalue weighted by molar-refractivity contribution is 1.28. The molecule has 0 bridgehead atoms. The van der Waals surface area contributed by atoms with E-state index in [1.807, 2.05) is 22.7 Å². The molecule has 2 aromatic heterocycles. The van der Waals surface area contributed by atoms with Gasteiger partial charge in [0.15, 0.2) is 0 Å². The summed E-state index contributed by atoms with van der Waals surface area (Å²) < 4.78 is 5.31. The van der Waals surface area contributed by atoms with Crippen molar-refractivity contribution in [3.05, 3.63) is 200 Å². The number of anilines is 3. The van der Waals surface area contributed by atoms with Crippen molar-refractivity contribution in [2.45, 2.75) is 0 Å². The van der Waals surface area contributed by atoms with Crippen LogP contribution in [0, 0.1) is 0 Å². The minimum absolute atomic E-state index is 1.11. The predicted octanol–water partition coefficient (Wildman–Crippen LogP) is 16.0. The maximum absolute atomic E-state index is 2.41. The Morgan fingerprint density at radius 3 is 1.60 bits per heavy atom. The highest BCUT2D eigenvalue weighted by molar-refractivity contribution is 7.26. The lowest BCUT2D eigenvalue weighted by Crippen LogP contribution is -2.11. The molecule has 0 aliphatic carbocycles. The standard InChI is InChI=1S/C52H33NS2/c1-2-13-34(14-3-1)40-16-6-9-22-47(40)53(38-29-25-35(26-30-38)42-20-12-21-45-43-18-7-10-23-48(43)54-51(42)45)39-31-27-36(28-32-39)50-41-17-5-4-15-37(41)33-46-44-19-8-11-24-49(44)55-52(46)50/h1-33H. The maximum atomic E-state index is 2.41. The molecule has 0 aliphatic rings. The van der Waals surface area contributed by atoms with Crippen LogP contribution in [0.2, 0.25) is 0 Å². The van der Waals surface area contributed by atoms with E-state index in [4.69, 9.17) is 0 Å². The molecule has 0 radical (unpaired) electrons. The van der Waals surface area contributed by atoms with Gasteiger partial charge in [0.1, 0.15) is 0 Å². The topological polar surface area (TPSA) is 3.24 Å². The van der Waals surface area contributed by atoms with Gasteiger partial charge in [-0.2, -0.15) is 0 Å². The van der Waals surface area contributed by atoms with E-state index in [1.165, 1.54) is 84.5 Å². The van der Waals surface area contributed by atoms with Gasteiger partial charge in [-0.1, -0.05) is 152 Å². The molecule has 2 heterocycles. The van der Waals surface area contributed by atoms with Gasteiger partial charge in [0, 0.05) is 62.8 Å². The predicted molar refractivity (Wildman–Crippen MR) is 241 cm³/mol. The molecular weight excluding hydrogens is 703 g/mol. The molecule has 3 heteroatoms. The van der Waals surface area contributed by atoms with E-state index >= 15 is 0 Å². The van der Waals surface area contributed by atoms with Crippen LogP contribution in [0.15, 0.2) is 200 Å². The first kappa shape index (κ1) is 32.0. The minimum atomic E-state index is 1.11. The fraction of sp³-hybridized carbons (Fsp3) is 0. The third kappa shape index (κ3) is 5.35. The molecule has 0 saturated carbocycles. The van der Waals surface area contributed by atoms with E-state index in [-0.39, 0.29) is 0 Å². The van der Waals surface area contributed by atoms with E-state index in [0.717, 1.165) is 17.1 Å². The first-order chi connectivity index (χ1) is 27.3. The Bertz CT molecular complexity index is 3190. The number of benzene rings is 9. The number of hydrogen-bond donors (Lipinski definition) is 0. The summed E-state index contributed by atoms with van der Waals surface area (Å²) in [5.41, 5.74) is 10.8. The summed E-state index contributed by atoms with van der Waals surface area (Å²) in [6, 6.07) is 73.2. The Hall–Kier alpha value is -6.52. The molecule has 0 saturated heterocycles. The fourth-order valence-electron chi connectivity index (χ4n) is 8.31. The minimum Gasteiger partial charge on any atom is -0.310 e. The van der Waals surface area contributed by atoms with Crippen molar-refractivity contribution in [1.29, 1.82) is 0 Å². The third-order valence-electron chi connectivity index (χ3n) is 10.9. The summed E-state index contributed by atoms with van der Waals surface area (Å²) in [6.07, 6.45) is 0. The molecule has 0 unspecified atom stereocenters. The third-order valence-corrected chi connectivity index (χ3v) is 13.3. The van der Waals surface area contributed by atoms with E-state index < -0.39 is 0 Å². The number of hydrogen-bond acceptors (Lipinski definition) is 3. The Balaban J connectivity index is 1.07. The number of para-hydroxylation sites is 1. The van der Waals surface area contributed by atoms with Crippen molar-refractivity contribution in [1.82, 2.24) is 0 Å². The van der Waals surface area contributed by atoms with Crippen LogP contribution in [0.25, 0.3) is 84.5 Å². The van der Waals surface area contributed by atoms with Crippen molar-refractivity contribution in [2.75, 3.05) is 4.90 Å². The zero-order valence-corrected chi connectivity index (χ0v) is 31.4. The average molecular weight is 736 g/mol. The van der Waals surface area contributed by atoms with Crippen LogP contribution < -0.4 is 4.90 Å². The second-order valence-corrected chi connectivity index (χ2v) is 16.1. The Kier molecular flexibility index (Phi) is 7.61. The highest BCUT2D eigenvalue weighted by Gasteiger charge is 2.20. The zero-order chi connectivity index (χ0) is 36.3. The molecule has 0 amide bonds. The molecule has 11 rings (SSSR count). The van der Waals surface area contributed by atoms with Crippen LogP contribution in [0.3, 0.4) is 0 Å². The van der Waals surface area contributed by atoms with Gasteiger partial charge in [-0.05, 0) is 81.6 Å². The first-order valence-corrected chi connectivity index (χ1v) is 20.3. The molecule has 11 aromatic rings. The summed E-state index contributed by atoms with van der Waals surface area (Å²) in [4.78, 5) is 2.41. The van der Waals surface area contributed by atoms with Crippen LogP contribution in [0.1, 0.15) is 0 Å². The van der Waals surface area contributed by atoms with E-state index in [0.29, 0.717) is 0 Å². The molecule has 0 spiro atoms. The van der Waals surface area contributed by atoms with Crippen molar-refractivity contribution in [3.8, 4) is 33.4 Å². The fourth-order valence-corrected chi connectivity index (χ4v) is 10.8.